The maximum Gasteiger partial charge on any atom is 0.405 e. The molecule has 110 valence electrons. The van der Waals surface area contributed by atoms with E-state index in [0.29, 0.717) is 12.8 Å². The molecule has 1 aliphatic carbocycles. The number of halogens is 3. The Morgan fingerprint density at radius 1 is 1.20 bits per heavy atom. The molecule has 1 heterocycles. The van der Waals surface area contributed by atoms with Crippen molar-refractivity contribution in [1.82, 2.24) is 10.2 Å². The molecule has 20 heavy (non-hydrogen) atoms. The number of nitrogens with zero attached hydrogens (tertiary/aromatic N) is 1. The van der Waals surface area contributed by atoms with Crippen molar-refractivity contribution in [1.29, 1.82) is 0 Å². The zero-order valence-corrected chi connectivity index (χ0v) is 10.4. The minimum atomic E-state index is -4.52. The van der Waals surface area contributed by atoms with E-state index < -0.39 is 48.8 Å². The summed E-state index contributed by atoms with van der Waals surface area (Å²) in [7, 11) is 0. The Morgan fingerprint density at radius 3 is 2.15 bits per heavy atom. The third-order valence-electron chi connectivity index (χ3n) is 3.39. The quantitative estimate of drug-likeness (QED) is 0.612. The third kappa shape index (κ3) is 3.00. The molecule has 1 fully saturated rings. The fraction of sp³-hybridized carbons (Fsp3) is 0.583. The third-order valence-corrected chi connectivity index (χ3v) is 3.39. The summed E-state index contributed by atoms with van der Waals surface area (Å²) in [6.07, 6.45) is -0.0858. The van der Waals surface area contributed by atoms with E-state index in [2.05, 4.69) is 0 Å². The van der Waals surface area contributed by atoms with Crippen LogP contribution in [-0.2, 0) is 14.4 Å². The summed E-state index contributed by atoms with van der Waals surface area (Å²) in [6.45, 7) is -2.13. The van der Waals surface area contributed by atoms with E-state index in [0.717, 1.165) is 4.90 Å². The van der Waals surface area contributed by atoms with Gasteiger partial charge in [0.05, 0.1) is 11.8 Å². The summed E-state index contributed by atoms with van der Waals surface area (Å²) in [6, 6.07) is 0. The molecule has 0 bridgehead atoms. The Kier molecular flexibility index (Phi) is 3.82. The Morgan fingerprint density at radius 2 is 1.70 bits per heavy atom. The lowest BCUT2D eigenvalue weighted by Gasteiger charge is -2.15. The molecule has 0 spiro atoms. The molecule has 0 aromatic carbocycles. The maximum atomic E-state index is 12.0. The number of hydrogen-bond acceptors (Lipinski definition) is 3. The molecule has 0 unspecified atom stereocenters. The number of alkyl halides is 3. The average Bonchev–Trinajstić information content (AvgIpc) is 2.62. The van der Waals surface area contributed by atoms with Gasteiger partial charge in [0, 0.05) is 0 Å². The molecule has 2 aliphatic rings. The van der Waals surface area contributed by atoms with Gasteiger partial charge >= 0.3 is 6.18 Å². The van der Waals surface area contributed by atoms with E-state index in [1.165, 1.54) is 0 Å². The number of nitrogens with one attached hydrogen (secondary N) is 1. The fourth-order valence-corrected chi connectivity index (χ4v) is 2.42. The van der Waals surface area contributed by atoms with Crippen molar-refractivity contribution in [2.24, 2.45) is 11.8 Å². The van der Waals surface area contributed by atoms with Crippen molar-refractivity contribution >= 4 is 17.7 Å². The van der Waals surface area contributed by atoms with Crippen LogP contribution in [0.3, 0.4) is 0 Å². The number of likely N-dealkylation sites (tertiary alicyclic amines) is 1. The van der Waals surface area contributed by atoms with Crippen molar-refractivity contribution in [3.05, 3.63) is 12.2 Å². The van der Waals surface area contributed by atoms with Crippen molar-refractivity contribution < 1.29 is 27.6 Å². The molecule has 2 atom stereocenters. The molecule has 1 N–H and O–H groups in total. The minimum Gasteiger partial charge on any atom is -0.345 e. The van der Waals surface area contributed by atoms with Gasteiger partial charge in [0.1, 0.15) is 13.1 Å². The first kappa shape index (κ1) is 14.5. The van der Waals surface area contributed by atoms with Crippen LogP contribution >= 0.6 is 0 Å². The van der Waals surface area contributed by atoms with Crippen LogP contribution in [0.5, 0.6) is 0 Å². The number of hydrogen-bond donors (Lipinski definition) is 1. The lowest BCUT2D eigenvalue weighted by Crippen LogP contribution is -2.43. The fourth-order valence-electron chi connectivity index (χ4n) is 2.42. The van der Waals surface area contributed by atoms with E-state index in [-0.39, 0.29) is 0 Å². The van der Waals surface area contributed by atoms with Crippen LogP contribution in [0.4, 0.5) is 13.2 Å². The van der Waals surface area contributed by atoms with Crippen molar-refractivity contribution in [3.63, 3.8) is 0 Å². The van der Waals surface area contributed by atoms with E-state index in [9.17, 15) is 27.6 Å². The SMILES string of the molecule is O=C(CN1C(=O)[C@@H]2CC=CC[C@H]2C1=O)NCC(F)(F)F. The van der Waals surface area contributed by atoms with Crippen LogP contribution in [0.2, 0.25) is 0 Å². The normalized spacial score (nSPS) is 25.9. The van der Waals surface area contributed by atoms with Crippen molar-refractivity contribution in [3.8, 4) is 0 Å². The summed E-state index contributed by atoms with van der Waals surface area (Å²) >= 11 is 0. The van der Waals surface area contributed by atoms with E-state index in [1.807, 2.05) is 0 Å². The van der Waals surface area contributed by atoms with Gasteiger partial charge < -0.3 is 5.32 Å². The Hall–Kier alpha value is -1.86. The number of carbonyl (C=O) groups excluding carboxylic acids is 3. The van der Waals surface area contributed by atoms with Gasteiger partial charge in [0.15, 0.2) is 0 Å². The highest BCUT2D eigenvalue weighted by atomic mass is 19.4. The first-order chi connectivity index (χ1) is 9.29. The molecule has 0 saturated carbocycles. The van der Waals surface area contributed by atoms with Crippen molar-refractivity contribution in [2.45, 2.75) is 19.0 Å². The second kappa shape index (κ2) is 5.26. The van der Waals surface area contributed by atoms with Crippen LogP contribution in [0.15, 0.2) is 12.2 Å². The number of imide groups is 1. The monoisotopic (exact) mass is 290 g/mol. The number of allylic oxidation sites excluding steroid dienone is 2. The minimum absolute atomic E-state index is 0.426. The van der Waals surface area contributed by atoms with Crippen LogP contribution in [0, 0.1) is 11.8 Å². The Balaban J connectivity index is 1.95. The van der Waals surface area contributed by atoms with Crippen LogP contribution in [0.1, 0.15) is 12.8 Å². The number of rotatable bonds is 3. The van der Waals surface area contributed by atoms with Gasteiger partial charge in [-0.15, -0.1) is 0 Å². The molecule has 0 aromatic rings. The first-order valence-corrected chi connectivity index (χ1v) is 6.13. The number of amides is 3. The topological polar surface area (TPSA) is 66.5 Å². The van der Waals surface area contributed by atoms with Gasteiger partial charge in [-0.25, -0.2) is 0 Å². The van der Waals surface area contributed by atoms with Gasteiger partial charge in [0.25, 0.3) is 0 Å². The standard InChI is InChI=1S/C12H13F3N2O3/c13-12(14,15)6-16-9(18)5-17-10(19)7-3-1-2-4-8(7)11(17)20/h1-2,7-8H,3-6H2,(H,16,18)/t7-,8-/m1/s1. The lowest BCUT2D eigenvalue weighted by atomic mass is 9.85. The summed E-state index contributed by atoms with van der Waals surface area (Å²) in [4.78, 5) is 36.0. The first-order valence-electron chi connectivity index (χ1n) is 6.13. The van der Waals surface area contributed by atoms with E-state index >= 15 is 0 Å². The predicted molar refractivity (Wildman–Crippen MR) is 61.1 cm³/mol. The number of carbonyl (C=O) groups is 3. The molecule has 5 nitrogen and oxygen atoms in total. The number of fused-ring (bicyclic) bond motifs is 1. The van der Waals surface area contributed by atoms with Gasteiger partial charge in [-0.2, -0.15) is 13.2 Å². The highest BCUT2D eigenvalue weighted by Gasteiger charge is 2.47. The highest BCUT2D eigenvalue weighted by Crippen LogP contribution is 2.34. The molecular weight excluding hydrogens is 277 g/mol. The molecule has 2 rings (SSSR count). The molecule has 0 radical (unpaired) electrons. The largest absolute Gasteiger partial charge is 0.405 e. The second-order valence-corrected chi connectivity index (χ2v) is 4.81. The molecule has 1 saturated heterocycles. The predicted octanol–water partition coefficient (Wildman–Crippen LogP) is 0.616. The van der Waals surface area contributed by atoms with E-state index in [1.54, 1.807) is 17.5 Å². The van der Waals surface area contributed by atoms with Crippen LogP contribution in [-0.4, -0.2) is 41.9 Å². The summed E-state index contributed by atoms with van der Waals surface area (Å²) in [5.74, 6) is -2.92. The van der Waals surface area contributed by atoms with Crippen LogP contribution in [0.25, 0.3) is 0 Å². The molecule has 8 heteroatoms. The summed E-state index contributed by atoms with van der Waals surface area (Å²) in [5.41, 5.74) is 0. The van der Waals surface area contributed by atoms with Crippen molar-refractivity contribution in [2.75, 3.05) is 13.1 Å². The molecule has 1 aliphatic heterocycles. The second-order valence-electron chi connectivity index (χ2n) is 4.81. The molecule has 0 aromatic heterocycles. The summed E-state index contributed by atoms with van der Waals surface area (Å²) < 4.78 is 35.9. The van der Waals surface area contributed by atoms with Gasteiger partial charge in [-0.3, -0.25) is 19.3 Å². The van der Waals surface area contributed by atoms with Gasteiger partial charge in [0.2, 0.25) is 17.7 Å². The lowest BCUT2D eigenvalue weighted by molar-refractivity contribution is -0.146. The van der Waals surface area contributed by atoms with Gasteiger partial charge in [-0.05, 0) is 12.8 Å². The average molecular weight is 290 g/mol. The van der Waals surface area contributed by atoms with Gasteiger partial charge in [-0.1, -0.05) is 12.2 Å². The van der Waals surface area contributed by atoms with Crippen LogP contribution < -0.4 is 5.32 Å². The Labute approximate surface area is 112 Å². The molecule has 3 amide bonds. The maximum absolute atomic E-state index is 12.0. The zero-order valence-electron chi connectivity index (χ0n) is 10.4. The molecular formula is C12H13F3N2O3. The van der Waals surface area contributed by atoms with E-state index in [4.69, 9.17) is 0 Å². The smallest absolute Gasteiger partial charge is 0.345 e. The highest BCUT2D eigenvalue weighted by molar-refractivity contribution is 6.07. The summed E-state index contributed by atoms with van der Waals surface area (Å²) in [5, 5.41) is 1.65. The Bertz CT molecular complexity index is 447. The zero-order chi connectivity index (χ0) is 14.9.